The van der Waals surface area contributed by atoms with Gasteiger partial charge in [-0.15, -0.1) is 0 Å². The first-order valence-electron chi connectivity index (χ1n) is 5.15. The van der Waals surface area contributed by atoms with Gasteiger partial charge in [0.1, 0.15) is 5.82 Å². The van der Waals surface area contributed by atoms with Crippen LogP contribution >= 0.6 is 0 Å². The predicted molar refractivity (Wildman–Crippen MR) is 62.9 cm³/mol. The highest BCUT2D eigenvalue weighted by atomic mass is 19.1. The van der Waals surface area contributed by atoms with E-state index in [1.165, 1.54) is 6.07 Å². The van der Waals surface area contributed by atoms with Crippen LogP contribution in [0.2, 0.25) is 0 Å². The van der Waals surface area contributed by atoms with Crippen molar-refractivity contribution in [2.45, 2.75) is 13.8 Å². The second-order valence-electron chi connectivity index (χ2n) is 3.43. The van der Waals surface area contributed by atoms with E-state index in [-0.39, 0.29) is 11.3 Å². The number of primary amides is 1. The third-order valence-electron chi connectivity index (χ3n) is 2.49. The first-order chi connectivity index (χ1) is 7.51. The lowest BCUT2D eigenvalue weighted by Gasteiger charge is -2.22. The lowest BCUT2D eigenvalue weighted by molar-refractivity contribution is 0.100. The summed E-state index contributed by atoms with van der Waals surface area (Å²) in [5.41, 5.74) is 11.3. The number of nitrogen functional groups attached to an aromatic ring is 1. The second-order valence-corrected chi connectivity index (χ2v) is 3.43. The van der Waals surface area contributed by atoms with Crippen LogP contribution in [0.5, 0.6) is 0 Å². The van der Waals surface area contributed by atoms with Gasteiger partial charge in [0.15, 0.2) is 0 Å². The minimum absolute atomic E-state index is 0.0703. The molecule has 0 radical (unpaired) electrons. The van der Waals surface area contributed by atoms with Crippen molar-refractivity contribution >= 4 is 17.3 Å². The van der Waals surface area contributed by atoms with E-state index < -0.39 is 11.7 Å². The Morgan fingerprint density at radius 3 is 2.38 bits per heavy atom. The number of hydrogen-bond donors (Lipinski definition) is 2. The van der Waals surface area contributed by atoms with Gasteiger partial charge in [-0.2, -0.15) is 0 Å². The third-order valence-corrected chi connectivity index (χ3v) is 2.49. The van der Waals surface area contributed by atoms with E-state index in [1.54, 1.807) is 4.90 Å². The molecule has 0 heterocycles. The van der Waals surface area contributed by atoms with E-state index in [1.807, 2.05) is 13.8 Å². The summed E-state index contributed by atoms with van der Waals surface area (Å²) < 4.78 is 13.6. The maximum atomic E-state index is 13.6. The molecule has 88 valence electrons. The normalized spacial score (nSPS) is 10.2. The molecular weight excluding hydrogens is 209 g/mol. The Hall–Kier alpha value is -1.78. The fourth-order valence-electron chi connectivity index (χ4n) is 1.60. The summed E-state index contributed by atoms with van der Waals surface area (Å²) in [6.07, 6.45) is 0. The quantitative estimate of drug-likeness (QED) is 0.760. The number of halogens is 1. The summed E-state index contributed by atoms with van der Waals surface area (Å²) in [6.45, 7) is 5.11. The number of amides is 1. The lowest BCUT2D eigenvalue weighted by Crippen LogP contribution is -2.24. The van der Waals surface area contributed by atoms with Gasteiger partial charge in [-0.3, -0.25) is 4.79 Å². The van der Waals surface area contributed by atoms with Crippen LogP contribution in [0.3, 0.4) is 0 Å². The van der Waals surface area contributed by atoms with Crippen LogP contribution in [0, 0.1) is 5.82 Å². The molecule has 0 spiro atoms. The lowest BCUT2D eigenvalue weighted by atomic mass is 10.1. The molecule has 0 aromatic heterocycles. The molecule has 1 rings (SSSR count). The minimum atomic E-state index is -0.647. The fourth-order valence-corrected chi connectivity index (χ4v) is 1.60. The molecule has 0 aliphatic carbocycles. The molecular formula is C11H16FN3O. The summed E-state index contributed by atoms with van der Waals surface area (Å²) >= 11 is 0. The SMILES string of the molecule is CCN(CC)c1cc(C(N)=O)c(N)cc1F. The van der Waals surface area contributed by atoms with Crippen molar-refractivity contribution in [1.29, 1.82) is 0 Å². The van der Waals surface area contributed by atoms with Crippen molar-refractivity contribution in [3.8, 4) is 0 Å². The van der Waals surface area contributed by atoms with Gasteiger partial charge in [0.25, 0.3) is 5.91 Å². The molecule has 4 nitrogen and oxygen atoms in total. The highest BCUT2D eigenvalue weighted by Gasteiger charge is 2.14. The number of carbonyl (C=O) groups is 1. The van der Waals surface area contributed by atoms with Gasteiger partial charge in [0, 0.05) is 18.8 Å². The zero-order valence-electron chi connectivity index (χ0n) is 9.46. The van der Waals surface area contributed by atoms with Gasteiger partial charge in [-0.1, -0.05) is 0 Å². The van der Waals surface area contributed by atoms with Gasteiger partial charge < -0.3 is 16.4 Å². The van der Waals surface area contributed by atoms with Crippen LogP contribution in [0.1, 0.15) is 24.2 Å². The number of benzene rings is 1. The van der Waals surface area contributed by atoms with Gasteiger partial charge in [-0.05, 0) is 26.0 Å². The van der Waals surface area contributed by atoms with Crippen molar-refractivity contribution in [2.75, 3.05) is 23.7 Å². The summed E-state index contributed by atoms with van der Waals surface area (Å²) in [6, 6.07) is 2.54. The monoisotopic (exact) mass is 225 g/mol. The smallest absolute Gasteiger partial charge is 0.250 e. The molecule has 5 heteroatoms. The molecule has 4 N–H and O–H groups in total. The highest BCUT2D eigenvalue weighted by molar-refractivity contribution is 5.99. The Bertz CT molecular complexity index is 402. The van der Waals surface area contributed by atoms with Crippen molar-refractivity contribution in [3.05, 3.63) is 23.5 Å². The Morgan fingerprint density at radius 1 is 1.38 bits per heavy atom. The van der Waals surface area contributed by atoms with E-state index in [0.717, 1.165) is 6.07 Å². The molecule has 0 fully saturated rings. The van der Waals surface area contributed by atoms with Crippen LogP contribution < -0.4 is 16.4 Å². The third kappa shape index (κ3) is 2.24. The van der Waals surface area contributed by atoms with Crippen LogP contribution in [0.15, 0.2) is 12.1 Å². The molecule has 1 amide bonds. The van der Waals surface area contributed by atoms with Gasteiger partial charge in [-0.25, -0.2) is 4.39 Å². The summed E-state index contributed by atoms with van der Waals surface area (Å²) in [5, 5.41) is 0. The predicted octanol–water partition coefficient (Wildman–Crippen LogP) is 1.35. The van der Waals surface area contributed by atoms with Crippen LogP contribution in [0.4, 0.5) is 15.8 Å². The summed E-state index contributed by atoms with van der Waals surface area (Å²) in [4.78, 5) is 12.9. The second kappa shape index (κ2) is 4.83. The van der Waals surface area contributed by atoms with E-state index in [2.05, 4.69) is 0 Å². The van der Waals surface area contributed by atoms with Crippen molar-refractivity contribution < 1.29 is 9.18 Å². The van der Waals surface area contributed by atoms with Crippen molar-refractivity contribution in [2.24, 2.45) is 5.73 Å². The van der Waals surface area contributed by atoms with Crippen LogP contribution in [-0.4, -0.2) is 19.0 Å². The molecule has 0 atom stereocenters. The molecule has 0 saturated heterocycles. The first kappa shape index (κ1) is 12.3. The number of nitrogens with two attached hydrogens (primary N) is 2. The molecule has 0 saturated carbocycles. The average Bonchev–Trinajstić information content (AvgIpc) is 2.22. The minimum Gasteiger partial charge on any atom is -0.398 e. The number of hydrogen-bond acceptors (Lipinski definition) is 3. The Labute approximate surface area is 94.0 Å². The molecule has 0 aliphatic heterocycles. The Balaban J connectivity index is 3.29. The number of rotatable bonds is 4. The van der Waals surface area contributed by atoms with Crippen LogP contribution in [0.25, 0.3) is 0 Å². The standard InChI is InChI=1S/C11H16FN3O/c1-3-15(4-2)10-5-7(11(14)16)9(13)6-8(10)12/h5-6H,3-4,13H2,1-2H3,(H2,14,16). The maximum Gasteiger partial charge on any atom is 0.250 e. The largest absolute Gasteiger partial charge is 0.398 e. The molecule has 16 heavy (non-hydrogen) atoms. The number of carbonyl (C=O) groups excluding carboxylic acids is 1. The Kier molecular flexibility index (Phi) is 3.71. The number of anilines is 2. The topological polar surface area (TPSA) is 72.3 Å². The van der Waals surface area contributed by atoms with Crippen molar-refractivity contribution in [3.63, 3.8) is 0 Å². The van der Waals surface area contributed by atoms with E-state index in [0.29, 0.717) is 18.8 Å². The summed E-state index contributed by atoms with van der Waals surface area (Å²) in [7, 11) is 0. The fraction of sp³-hybridized carbons (Fsp3) is 0.364. The molecule has 0 aliphatic rings. The zero-order chi connectivity index (χ0) is 12.3. The maximum absolute atomic E-state index is 13.6. The summed E-state index contributed by atoms with van der Waals surface area (Å²) in [5.74, 6) is -1.09. The molecule has 0 bridgehead atoms. The van der Waals surface area contributed by atoms with E-state index >= 15 is 0 Å². The number of nitrogens with zero attached hydrogens (tertiary/aromatic N) is 1. The van der Waals surface area contributed by atoms with Gasteiger partial charge in [0.05, 0.1) is 11.3 Å². The Morgan fingerprint density at radius 2 is 1.94 bits per heavy atom. The zero-order valence-corrected chi connectivity index (χ0v) is 9.46. The average molecular weight is 225 g/mol. The highest BCUT2D eigenvalue weighted by Crippen LogP contribution is 2.25. The molecule has 1 aromatic carbocycles. The molecule has 1 aromatic rings. The van der Waals surface area contributed by atoms with Gasteiger partial charge >= 0.3 is 0 Å². The first-order valence-corrected chi connectivity index (χ1v) is 5.15. The van der Waals surface area contributed by atoms with E-state index in [4.69, 9.17) is 11.5 Å². The van der Waals surface area contributed by atoms with Gasteiger partial charge in [0.2, 0.25) is 0 Å². The molecule has 0 unspecified atom stereocenters. The van der Waals surface area contributed by atoms with Crippen LogP contribution in [-0.2, 0) is 0 Å². The van der Waals surface area contributed by atoms with Crippen molar-refractivity contribution in [1.82, 2.24) is 0 Å². The van der Waals surface area contributed by atoms with E-state index in [9.17, 15) is 9.18 Å².